The maximum atomic E-state index is 12.2. The van der Waals surface area contributed by atoms with Gasteiger partial charge in [-0.2, -0.15) is 0 Å². The summed E-state index contributed by atoms with van der Waals surface area (Å²) in [6.07, 6.45) is 10.4. The van der Waals surface area contributed by atoms with Crippen molar-refractivity contribution in [1.29, 1.82) is 0 Å². The van der Waals surface area contributed by atoms with E-state index in [9.17, 15) is 9.59 Å². The Morgan fingerprint density at radius 2 is 1.93 bits per heavy atom. The lowest BCUT2D eigenvalue weighted by atomic mass is 9.70. The summed E-state index contributed by atoms with van der Waals surface area (Å²) in [6.45, 7) is 0. The first kappa shape index (κ1) is 18.2. The Labute approximate surface area is 159 Å². The molecule has 144 valence electrons. The summed E-state index contributed by atoms with van der Waals surface area (Å²) < 4.78 is 5.74. The molecule has 2 fully saturated rings. The van der Waals surface area contributed by atoms with Crippen LogP contribution in [0.3, 0.4) is 0 Å². The summed E-state index contributed by atoms with van der Waals surface area (Å²) in [5, 5.41) is 0.596. The average molecular weight is 368 g/mol. The molecular weight excluding hydrogens is 340 g/mol. The second kappa shape index (κ2) is 8.24. The SMILES string of the molecule is O=C(CCCc1nc2ccccc2c(=O)[nH]1)OC1CCC2CCCCC2C1. The van der Waals surface area contributed by atoms with Crippen LogP contribution in [0.2, 0.25) is 0 Å². The van der Waals surface area contributed by atoms with E-state index in [0.29, 0.717) is 36.0 Å². The maximum Gasteiger partial charge on any atom is 0.306 e. The van der Waals surface area contributed by atoms with Crippen LogP contribution in [0, 0.1) is 11.8 Å². The number of H-pyrrole nitrogens is 1. The number of fused-ring (bicyclic) bond motifs is 2. The van der Waals surface area contributed by atoms with Crippen molar-refractivity contribution < 1.29 is 9.53 Å². The molecule has 2 aliphatic rings. The Kier molecular flexibility index (Phi) is 5.55. The topological polar surface area (TPSA) is 72.0 Å². The molecule has 1 N–H and O–H groups in total. The molecule has 0 spiro atoms. The number of nitrogens with one attached hydrogen (secondary N) is 1. The van der Waals surface area contributed by atoms with Crippen LogP contribution < -0.4 is 5.56 Å². The van der Waals surface area contributed by atoms with Gasteiger partial charge in [-0.05, 0) is 49.7 Å². The van der Waals surface area contributed by atoms with Crippen LogP contribution in [0.1, 0.15) is 63.6 Å². The summed E-state index contributed by atoms with van der Waals surface area (Å²) in [5.74, 6) is 2.15. The van der Waals surface area contributed by atoms with Gasteiger partial charge in [-0.15, -0.1) is 0 Å². The minimum absolute atomic E-state index is 0.107. The van der Waals surface area contributed by atoms with E-state index in [4.69, 9.17) is 4.74 Å². The molecule has 5 heteroatoms. The smallest absolute Gasteiger partial charge is 0.306 e. The van der Waals surface area contributed by atoms with Crippen molar-refractivity contribution in [3.05, 3.63) is 40.4 Å². The molecule has 1 heterocycles. The number of para-hydroxylation sites is 1. The normalized spacial score (nSPS) is 25.1. The van der Waals surface area contributed by atoms with Gasteiger partial charge in [-0.3, -0.25) is 9.59 Å². The predicted molar refractivity (Wildman–Crippen MR) is 104 cm³/mol. The first-order chi connectivity index (χ1) is 13.2. The van der Waals surface area contributed by atoms with Gasteiger partial charge in [0.15, 0.2) is 0 Å². The fourth-order valence-electron chi connectivity index (χ4n) is 4.84. The van der Waals surface area contributed by atoms with E-state index in [2.05, 4.69) is 9.97 Å². The molecule has 0 radical (unpaired) electrons. The first-order valence-corrected chi connectivity index (χ1v) is 10.4. The number of carbonyl (C=O) groups is 1. The lowest BCUT2D eigenvalue weighted by Crippen LogP contribution is -2.33. The highest BCUT2D eigenvalue weighted by Gasteiger charge is 2.33. The number of esters is 1. The molecule has 0 saturated heterocycles. The van der Waals surface area contributed by atoms with Gasteiger partial charge in [0, 0.05) is 12.8 Å². The Balaban J connectivity index is 1.26. The molecule has 0 amide bonds. The highest BCUT2D eigenvalue weighted by Crippen LogP contribution is 2.41. The van der Waals surface area contributed by atoms with Crippen LogP contribution in [-0.2, 0) is 16.0 Å². The van der Waals surface area contributed by atoms with Crippen molar-refractivity contribution in [1.82, 2.24) is 9.97 Å². The highest BCUT2D eigenvalue weighted by atomic mass is 16.5. The molecule has 5 nitrogen and oxygen atoms in total. The highest BCUT2D eigenvalue weighted by molar-refractivity contribution is 5.77. The van der Waals surface area contributed by atoms with Gasteiger partial charge >= 0.3 is 5.97 Å². The molecule has 4 rings (SSSR count). The third-order valence-corrected chi connectivity index (χ3v) is 6.25. The number of nitrogens with zero attached hydrogens (tertiary/aromatic N) is 1. The Bertz CT molecular complexity index is 860. The fraction of sp³-hybridized carbons (Fsp3) is 0.591. The quantitative estimate of drug-likeness (QED) is 0.805. The van der Waals surface area contributed by atoms with Gasteiger partial charge < -0.3 is 9.72 Å². The van der Waals surface area contributed by atoms with E-state index < -0.39 is 0 Å². The van der Waals surface area contributed by atoms with E-state index >= 15 is 0 Å². The second-order valence-corrected chi connectivity index (χ2v) is 8.11. The molecule has 3 unspecified atom stereocenters. The van der Waals surface area contributed by atoms with E-state index in [1.54, 1.807) is 6.07 Å². The summed E-state index contributed by atoms with van der Waals surface area (Å²) in [6, 6.07) is 7.31. The number of aromatic amines is 1. The van der Waals surface area contributed by atoms with Crippen molar-refractivity contribution in [3.8, 4) is 0 Å². The Hall–Kier alpha value is -2.17. The number of hydrogen-bond acceptors (Lipinski definition) is 4. The summed E-state index contributed by atoms with van der Waals surface area (Å²) in [7, 11) is 0. The number of hydrogen-bond donors (Lipinski definition) is 1. The lowest BCUT2D eigenvalue weighted by Gasteiger charge is -2.38. The van der Waals surface area contributed by atoms with Gasteiger partial charge in [0.1, 0.15) is 11.9 Å². The van der Waals surface area contributed by atoms with E-state index in [-0.39, 0.29) is 17.6 Å². The largest absolute Gasteiger partial charge is 0.462 e. The van der Waals surface area contributed by atoms with Gasteiger partial charge in [0.05, 0.1) is 10.9 Å². The van der Waals surface area contributed by atoms with E-state index in [1.165, 1.54) is 32.1 Å². The van der Waals surface area contributed by atoms with Crippen molar-refractivity contribution in [2.45, 2.75) is 70.3 Å². The lowest BCUT2D eigenvalue weighted by molar-refractivity contribution is -0.152. The van der Waals surface area contributed by atoms with Crippen LogP contribution >= 0.6 is 0 Å². The Morgan fingerprint density at radius 3 is 2.81 bits per heavy atom. The predicted octanol–water partition coefficient (Wildman–Crippen LogP) is 4.15. The van der Waals surface area contributed by atoms with Gasteiger partial charge in [0.2, 0.25) is 0 Å². The molecule has 2 saturated carbocycles. The van der Waals surface area contributed by atoms with Gasteiger partial charge in [-0.25, -0.2) is 4.98 Å². The van der Waals surface area contributed by atoms with Crippen LogP contribution in [0.25, 0.3) is 10.9 Å². The van der Waals surface area contributed by atoms with Crippen molar-refractivity contribution in [2.75, 3.05) is 0 Å². The van der Waals surface area contributed by atoms with Gasteiger partial charge in [0.25, 0.3) is 5.56 Å². The third-order valence-electron chi connectivity index (χ3n) is 6.25. The maximum absolute atomic E-state index is 12.2. The van der Waals surface area contributed by atoms with Gasteiger partial charge in [-0.1, -0.05) is 37.8 Å². The van der Waals surface area contributed by atoms with Crippen LogP contribution in [0.5, 0.6) is 0 Å². The molecule has 2 aliphatic carbocycles. The fourth-order valence-corrected chi connectivity index (χ4v) is 4.84. The zero-order chi connectivity index (χ0) is 18.6. The first-order valence-electron chi connectivity index (χ1n) is 10.4. The number of aryl methyl sites for hydroxylation is 1. The number of carbonyl (C=O) groups excluding carboxylic acids is 1. The second-order valence-electron chi connectivity index (χ2n) is 8.11. The third kappa shape index (κ3) is 4.40. The number of ether oxygens (including phenoxy) is 1. The monoisotopic (exact) mass is 368 g/mol. The van der Waals surface area contributed by atoms with E-state index in [0.717, 1.165) is 24.7 Å². The molecular formula is C22H28N2O3. The molecule has 0 bridgehead atoms. The molecule has 0 aliphatic heterocycles. The molecule has 27 heavy (non-hydrogen) atoms. The average Bonchev–Trinajstić information content (AvgIpc) is 2.68. The summed E-state index contributed by atoms with van der Waals surface area (Å²) in [4.78, 5) is 31.6. The van der Waals surface area contributed by atoms with Crippen LogP contribution in [0.15, 0.2) is 29.1 Å². The Morgan fingerprint density at radius 1 is 1.11 bits per heavy atom. The minimum atomic E-state index is -0.123. The molecule has 2 aromatic rings. The van der Waals surface area contributed by atoms with Crippen molar-refractivity contribution >= 4 is 16.9 Å². The molecule has 1 aromatic heterocycles. The van der Waals surface area contributed by atoms with Crippen LogP contribution in [-0.4, -0.2) is 22.0 Å². The van der Waals surface area contributed by atoms with Crippen LogP contribution in [0.4, 0.5) is 0 Å². The number of aromatic nitrogens is 2. The standard InChI is InChI=1S/C22H28N2O3/c25-21(27-17-13-12-15-6-1-2-7-16(15)14-17)11-5-10-20-23-19-9-4-3-8-18(19)22(26)24-20/h3-4,8-9,15-17H,1-2,5-7,10-14H2,(H,23,24,26). The zero-order valence-electron chi connectivity index (χ0n) is 15.8. The number of rotatable bonds is 5. The number of benzene rings is 1. The molecule has 1 aromatic carbocycles. The van der Waals surface area contributed by atoms with Crippen molar-refractivity contribution in [2.24, 2.45) is 11.8 Å². The van der Waals surface area contributed by atoms with Crippen molar-refractivity contribution in [3.63, 3.8) is 0 Å². The summed E-state index contributed by atoms with van der Waals surface area (Å²) >= 11 is 0. The summed E-state index contributed by atoms with van der Waals surface area (Å²) in [5.41, 5.74) is 0.575. The minimum Gasteiger partial charge on any atom is -0.462 e. The molecule has 3 atom stereocenters. The zero-order valence-corrected chi connectivity index (χ0v) is 15.8. The van der Waals surface area contributed by atoms with E-state index in [1.807, 2.05) is 18.2 Å².